The van der Waals surface area contributed by atoms with Crippen LogP contribution in [0.2, 0.25) is 0 Å². The normalized spacial score (nSPS) is 18.7. The lowest BCUT2D eigenvalue weighted by Gasteiger charge is -2.29. The van der Waals surface area contributed by atoms with Crippen LogP contribution in [0.1, 0.15) is 60.7 Å². The van der Waals surface area contributed by atoms with Gasteiger partial charge in [0.15, 0.2) is 0 Å². The van der Waals surface area contributed by atoms with E-state index in [0.29, 0.717) is 31.0 Å². The molecule has 1 aliphatic carbocycles. The molecule has 1 aromatic carbocycles. The Hall–Kier alpha value is -2.08. The van der Waals surface area contributed by atoms with Gasteiger partial charge in [0.1, 0.15) is 17.5 Å². The third-order valence-corrected chi connectivity index (χ3v) is 5.60. The van der Waals surface area contributed by atoms with E-state index in [1.807, 2.05) is 4.90 Å². The van der Waals surface area contributed by atoms with E-state index < -0.39 is 11.6 Å². The molecular formula is C20H23F2N3O. The molecule has 1 aromatic heterocycles. The number of aromatic amines is 1. The molecule has 2 aliphatic rings. The van der Waals surface area contributed by atoms with Crippen LogP contribution >= 0.6 is 0 Å². The van der Waals surface area contributed by atoms with E-state index in [1.165, 1.54) is 37.5 Å². The van der Waals surface area contributed by atoms with Crippen LogP contribution in [-0.2, 0) is 19.5 Å². The van der Waals surface area contributed by atoms with Crippen LogP contribution in [0.15, 0.2) is 23.0 Å². The summed E-state index contributed by atoms with van der Waals surface area (Å²) in [6.07, 6.45) is 6.43. The Morgan fingerprint density at radius 2 is 1.88 bits per heavy atom. The predicted molar refractivity (Wildman–Crippen MR) is 94.9 cm³/mol. The molecule has 2 heterocycles. The molecule has 4 nitrogen and oxygen atoms in total. The SMILES string of the molecule is O=c1[nH]c(C2CCCCC2)nc2c1CN(Cc1c(F)cccc1F)CC2. The van der Waals surface area contributed by atoms with Gasteiger partial charge in [0.2, 0.25) is 0 Å². The maximum absolute atomic E-state index is 13.9. The first-order valence-corrected chi connectivity index (χ1v) is 9.39. The molecule has 0 radical (unpaired) electrons. The molecule has 0 unspecified atom stereocenters. The van der Waals surface area contributed by atoms with Crippen LogP contribution in [0, 0.1) is 11.6 Å². The van der Waals surface area contributed by atoms with Crippen LogP contribution in [-0.4, -0.2) is 21.4 Å². The minimum Gasteiger partial charge on any atom is -0.310 e. The number of nitrogens with zero attached hydrogens (tertiary/aromatic N) is 2. The van der Waals surface area contributed by atoms with Gasteiger partial charge in [0.05, 0.1) is 11.3 Å². The second-order valence-corrected chi connectivity index (χ2v) is 7.37. The maximum Gasteiger partial charge on any atom is 0.255 e. The average molecular weight is 359 g/mol. The van der Waals surface area contributed by atoms with Crippen molar-refractivity contribution in [1.82, 2.24) is 14.9 Å². The first-order valence-electron chi connectivity index (χ1n) is 9.39. The monoisotopic (exact) mass is 359 g/mol. The van der Waals surface area contributed by atoms with Crippen LogP contribution in [0.5, 0.6) is 0 Å². The fourth-order valence-corrected chi connectivity index (χ4v) is 4.11. The van der Waals surface area contributed by atoms with Crippen molar-refractivity contribution < 1.29 is 8.78 Å². The van der Waals surface area contributed by atoms with Crippen molar-refractivity contribution in [3.8, 4) is 0 Å². The molecule has 0 atom stereocenters. The molecular weight excluding hydrogens is 336 g/mol. The number of fused-ring (bicyclic) bond motifs is 1. The summed E-state index contributed by atoms with van der Waals surface area (Å²) in [7, 11) is 0. The second-order valence-electron chi connectivity index (χ2n) is 7.37. The summed E-state index contributed by atoms with van der Waals surface area (Å²) >= 11 is 0. The Balaban J connectivity index is 1.54. The van der Waals surface area contributed by atoms with Crippen molar-refractivity contribution in [3.05, 3.63) is 62.8 Å². The molecule has 1 N–H and O–H groups in total. The first kappa shape index (κ1) is 17.3. The molecule has 0 saturated heterocycles. The third kappa shape index (κ3) is 3.43. The highest BCUT2D eigenvalue weighted by molar-refractivity contribution is 5.24. The highest BCUT2D eigenvalue weighted by atomic mass is 19.1. The molecule has 6 heteroatoms. The minimum atomic E-state index is -0.546. The van der Waals surface area contributed by atoms with Gasteiger partial charge < -0.3 is 4.98 Å². The number of H-pyrrole nitrogens is 1. The van der Waals surface area contributed by atoms with Crippen LogP contribution in [0.3, 0.4) is 0 Å². The lowest BCUT2D eigenvalue weighted by Crippen LogP contribution is -2.36. The molecule has 4 rings (SSSR count). The molecule has 0 bridgehead atoms. The van der Waals surface area contributed by atoms with Gasteiger partial charge in [-0.25, -0.2) is 13.8 Å². The van der Waals surface area contributed by atoms with Crippen molar-refractivity contribution in [2.75, 3.05) is 6.54 Å². The van der Waals surface area contributed by atoms with Crippen LogP contribution in [0.25, 0.3) is 0 Å². The predicted octanol–water partition coefficient (Wildman–Crippen LogP) is 3.65. The summed E-state index contributed by atoms with van der Waals surface area (Å²) in [5.74, 6) is 0.0836. The zero-order chi connectivity index (χ0) is 18.1. The van der Waals surface area contributed by atoms with E-state index >= 15 is 0 Å². The average Bonchev–Trinajstić information content (AvgIpc) is 2.66. The van der Waals surface area contributed by atoms with E-state index in [-0.39, 0.29) is 17.7 Å². The third-order valence-electron chi connectivity index (χ3n) is 5.60. The smallest absolute Gasteiger partial charge is 0.255 e. The summed E-state index contributed by atoms with van der Waals surface area (Å²) in [5.41, 5.74) is 1.43. The van der Waals surface area contributed by atoms with E-state index in [9.17, 15) is 13.6 Å². The second kappa shape index (κ2) is 7.27. The molecule has 26 heavy (non-hydrogen) atoms. The maximum atomic E-state index is 13.9. The number of benzene rings is 1. The molecule has 1 fully saturated rings. The van der Waals surface area contributed by atoms with Crippen LogP contribution < -0.4 is 5.56 Å². The van der Waals surface area contributed by atoms with Crippen LogP contribution in [0.4, 0.5) is 8.78 Å². The van der Waals surface area contributed by atoms with Crippen molar-refractivity contribution in [1.29, 1.82) is 0 Å². The van der Waals surface area contributed by atoms with Crippen molar-refractivity contribution >= 4 is 0 Å². The lowest BCUT2D eigenvalue weighted by atomic mass is 9.88. The van der Waals surface area contributed by atoms with Gasteiger partial charge in [-0.05, 0) is 25.0 Å². The van der Waals surface area contributed by atoms with Crippen molar-refractivity contribution in [3.63, 3.8) is 0 Å². The number of hydrogen-bond donors (Lipinski definition) is 1. The molecule has 0 amide bonds. The highest BCUT2D eigenvalue weighted by Crippen LogP contribution is 2.31. The van der Waals surface area contributed by atoms with E-state index in [4.69, 9.17) is 4.98 Å². The van der Waals surface area contributed by atoms with Gasteiger partial charge in [-0.15, -0.1) is 0 Å². The summed E-state index contributed by atoms with van der Waals surface area (Å²) in [6.45, 7) is 1.17. The summed E-state index contributed by atoms with van der Waals surface area (Å²) in [5, 5.41) is 0. The van der Waals surface area contributed by atoms with Crippen molar-refractivity contribution in [2.45, 2.75) is 57.5 Å². The van der Waals surface area contributed by atoms with Gasteiger partial charge in [-0.1, -0.05) is 25.3 Å². The molecule has 2 aromatic rings. The summed E-state index contributed by atoms with van der Waals surface area (Å²) < 4.78 is 27.8. The Morgan fingerprint density at radius 1 is 1.15 bits per heavy atom. The molecule has 1 aliphatic heterocycles. The van der Waals surface area contributed by atoms with Gasteiger partial charge in [0, 0.05) is 37.5 Å². The molecule has 138 valence electrons. The molecule has 0 spiro atoms. The standard InChI is InChI=1S/C20H23F2N3O/c21-16-7-4-8-17(22)14(16)11-25-10-9-18-15(12-25)20(26)24-19(23-18)13-5-2-1-3-6-13/h4,7-8,13H,1-3,5-6,9-12H2,(H,23,24,26). The number of nitrogens with one attached hydrogen (secondary N) is 1. The highest BCUT2D eigenvalue weighted by Gasteiger charge is 2.25. The largest absolute Gasteiger partial charge is 0.310 e. The van der Waals surface area contributed by atoms with Gasteiger partial charge in [-0.2, -0.15) is 0 Å². The number of rotatable bonds is 3. The van der Waals surface area contributed by atoms with Crippen molar-refractivity contribution in [2.24, 2.45) is 0 Å². The quantitative estimate of drug-likeness (QED) is 0.910. The first-order chi connectivity index (χ1) is 12.6. The lowest BCUT2D eigenvalue weighted by molar-refractivity contribution is 0.234. The Morgan fingerprint density at radius 3 is 2.62 bits per heavy atom. The minimum absolute atomic E-state index is 0.0548. The Labute approximate surface area is 151 Å². The zero-order valence-electron chi connectivity index (χ0n) is 14.7. The molecule has 1 saturated carbocycles. The zero-order valence-corrected chi connectivity index (χ0v) is 14.7. The number of aromatic nitrogens is 2. The van der Waals surface area contributed by atoms with E-state index in [0.717, 1.165) is 24.4 Å². The fraction of sp³-hybridized carbons (Fsp3) is 0.500. The Kier molecular flexibility index (Phi) is 4.85. The van der Waals surface area contributed by atoms with Gasteiger partial charge in [-0.3, -0.25) is 9.69 Å². The van der Waals surface area contributed by atoms with E-state index in [2.05, 4.69) is 4.98 Å². The fourth-order valence-electron chi connectivity index (χ4n) is 4.11. The number of halogens is 2. The van der Waals surface area contributed by atoms with Gasteiger partial charge in [0.25, 0.3) is 5.56 Å². The topological polar surface area (TPSA) is 49.0 Å². The van der Waals surface area contributed by atoms with Gasteiger partial charge >= 0.3 is 0 Å². The summed E-state index contributed by atoms with van der Waals surface area (Å²) in [4.78, 5) is 22.2. The van der Waals surface area contributed by atoms with E-state index in [1.54, 1.807) is 0 Å². The Bertz CT molecular complexity index is 838. The summed E-state index contributed by atoms with van der Waals surface area (Å²) in [6, 6.07) is 3.89. The number of hydrogen-bond acceptors (Lipinski definition) is 3.